The Morgan fingerprint density at radius 3 is 2.39 bits per heavy atom. The van der Waals surface area contributed by atoms with Gasteiger partial charge in [-0.25, -0.2) is 9.80 Å². The zero-order valence-corrected chi connectivity index (χ0v) is 16.6. The van der Waals surface area contributed by atoms with Crippen molar-refractivity contribution in [3.63, 3.8) is 0 Å². The molecule has 0 bridgehead atoms. The lowest BCUT2D eigenvalue weighted by Gasteiger charge is -2.28. The van der Waals surface area contributed by atoms with Crippen molar-refractivity contribution in [2.45, 2.75) is 46.5 Å². The van der Waals surface area contributed by atoms with Gasteiger partial charge in [0.15, 0.2) is 5.78 Å². The summed E-state index contributed by atoms with van der Waals surface area (Å²) in [4.78, 5) is 38.6. The number of carbonyl (C=O) groups is 3. The summed E-state index contributed by atoms with van der Waals surface area (Å²) in [6.07, 6.45) is 4.10. The molecule has 150 valence electrons. The maximum atomic E-state index is 13.2. The van der Waals surface area contributed by atoms with Crippen LogP contribution in [0.1, 0.15) is 52.0 Å². The van der Waals surface area contributed by atoms with Crippen LogP contribution in [-0.2, 0) is 9.59 Å². The maximum Gasteiger partial charge on any atom is 0.345 e. The first kappa shape index (κ1) is 20.0. The summed E-state index contributed by atoms with van der Waals surface area (Å²) >= 11 is 0. The largest absolute Gasteiger partial charge is 0.480 e. The lowest BCUT2D eigenvalue weighted by Crippen LogP contribution is -2.46. The number of aliphatic carboxylic acids is 1. The van der Waals surface area contributed by atoms with Crippen LogP contribution < -0.4 is 4.90 Å². The molecule has 7 nitrogen and oxygen atoms in total. The molecule has 3 rings (SSSR count). The second-order valence-electron chi connectivity index (χ2n) is 8.48. The van der Waals surface area contributed by atoms with Gasteiger partial charge in [0.25, 0.3) is 0 Å². The van der Waals surface area contributed by atoms with Crippen LogP contribution in [0.3, 0.4) is 0 Å². The monoisotopic (exact) mass is 385 g/mol. The predicted molar refractivity (Wildman–Crippen MR) is 106 cm³/mol. The number of hydrazone groups is 1. The van der Waals surface area contributed by atoms with Crippen molar-refractivity contribution in [3.05, 3.63) is 29.8 Å². The molecule has 1 aliphatic carbocycles. The Labute approximate surface area is 165 Å². The number of hydrogen-bond acceptors (Lipinski definition) is 4. The molecule has 7 heteroatoms. The van der Waals surface area contributed by atoms with E-state index in [1.807, 2.05) is 18.2 Å². The molecule has 1 fully saturated rings. The molecular formula is C21H27N3O4. The van der Waals surface area contributed by atoms with E-state index in [-0.39, 0.29) is 18.2 Å². The number of rotatable bonds is 5. The van der Waals surface area contributed by atoms with E-state index in [0.717, 1.165) is 42.0 Å². The minimum atomic E-state index is -1.14. The molecule has 2 amide bonds. The van der Waals surface area contributed by atoms with E-state index in [2.05, 4.69) is 5.10 Å². The highest BCUT2D eigenvalue weighted by molar-refractivity contribution is 6.13. The summed E-state index contributed by atoms with van der Waals surface area (Å²) in [5, 5.41) is 14.8. The number of Topliss-reactive ketones (excluding diaryl/α,β-unsaturated/α-hetero) is 1. The molecule has 1 aromatic carbocycles. The van der Waals surface area contributed by atoms with Crippen molar-refractivity contribution >= 4 is 29.2 Å². The highest BCUT2D eigenvalue weighted by Crippen LogP contribution is 2.35. The van der Waals surface area contributed by atoms with Crippen molar-refractivity contribution in [3.8, 4) is 0 Å². The average molecular weight is 385 g/mol. The Kier molecular flexibility index (Phi) is 5.54. The Bertz CT molecular complexity index is 819. The van der Waals surface area contributed by atoms with Crippen LogP contribution in [-0.4, -0.2) is 46.7 Å². The van der Waals surface area contributed by atoms with Crippen LogP contribution in [0.4, 0.5) is 10.5 Å². The molecular weight excluding hydrogens is 358 g/mol. The molecule has 0 saturated heterocycles. The summed E-state index contributed by atoms with van der Waals surface area (Å²) in [6.45, 7) is 4.75. The number of amides is 2. The molecule has 0 spiro atoms. The number of ketones is 1. The predicted octanol–water partition coefficient (Wildman–Crippen LogP) is 3.52. The van der Waals surface area contributed by atoms with Crippen molar-refractivity contribution in [2.24, 2.45) is 16.4 Å². The molecule has 0 radical (unpaired) electrons. The third-order valence-electron chi connectivity index (χ3n) is 5.32. The fourth-order valence-electron chi connectivity index (χ4n) is 3.66. The zero-order chi connectivity index (χ0) is 20.5. The van der Waals surface area contributed by atoms with Crippen LogP contribution in [0.2, 0.25) is 0 Å². The Morgan fingerprint density at radius 1 is 1.14 bits per heavy atom. The minimum absolute atomic E-state index is 0.102. The van der Waals surface area contributed by atoms with E-state index in [1.54, 1.807) is 26.8 Å². The molecule has 0 atom stereocenters. The fourth-order valence-corrected chi connectivity index (χ4v) is 3.66. The highest BCUT2D eigenvalue weighted by Gasteiger charge is 2.36. The topological polar surface area (TPSA) is 90.3 Å². The standard InChI is InChI=1S/C21H27N3O4/c1-21(2,3)17(25)12-23-16-11-7-6-10-15(16)19(14-8-4-5-9-14)22-24(20(23)28)13-18(26)27/h6-7,10-11,14H,4-5,8-9,12-13H2,1-3H3,(H,26,27). The fraction of sp³-hybridized carbons (Fsp3) is 0.524. The average Bonchev–Trinajstić information content (AvgIpc) is 3.12. The van der Waals surface area contributed by atoms with E-state index in [1.165, 1.54) is 4.90 Å². The summed E-state index contributed by atoms with van der Waals surface area (Å²) in [6, 6.07) is 6.82. The number of hydrogen-bond donors (Lipinski definition) is 1. The number of urea groups is 1. The number of carboxylic acids is 1. The third-order valence-corrected chi connectivity index (χ3v) is 5.32. The van der Waals surface area contributed by atoms with Gasteiger partial charge in [-0.3, -0.25) is 14.5 Å². The molecule has 0 aromatic heterocycles. The number of carbonyl (C=O) groups excluding carboxylic acids is 2. The maximum absolute atomic E-state index is 13.2. The quantitative estimate of drug-likeness (QED) is 0.840. The van der Waals surface area contributed by atoms with E-state index >= 15 is 0 Å². The molecule has 1 heterocycles. The van der Waals surface area contributed by atoms with Gasteiger partial charge in [0.1, 0.15) is 6.54 Å². The lowest BCUT2D eigenvalue weighted by molar-refractivity contribution is -0.137. The molecule has 28 heavy (non-hydrogen) atoms. The molecule has 1 aliphatic heterocycles. The van der Waals surface area contributed by atoms with Crippen LogP contribution in [0.5, 0.6) is 0 Å². The number of fused-ring (bicyclic) bond motifs is 1. The van der Waals surface area contributed by atoms with Gasteiger partial charge in [-0.2, -0.15) is 5.10 Å². The van der Waals surface area contributed by atoms with E-state index in [0.29, 0.717) is 5.69 Å². The van der Waals surface area contributed by atoms with E-state index in [9.17, 15) is 19.5 Å². The lowest BCUT2D eigenvalue weighted by atomic mass is 9.90. The SMILES string of the molecule is CC(C)(C)C(=O)CN1C(=O)N(CC(=O)O)N=C(C2CCCC2)c2ccccc21. The van der Waals surface area contributed by atoms with Gasteiger partial charge in [-0.1, -0.05) is 51.8 Å². The number of para-hydroxylation sites is 1. The van der Waals surface area contributed by atoms with Crippen LogP contribution in [0, 0.1) is 11.3 Å². The number of benzene rings is 1. The summed E-state index contributed by atoms with van der Waals surface area (Å²) in [5.74, 6) is -1.06. The van der Waals surface area contributed by atoms with Gasteiger partial charge >= 0.3 is 12.0 Å². The first-order valence-corrected chi connectivity index (χ1v) is 9.70. The number of carboxylic acid groups (broad SMARTS) is 1. The number of anilines is 1. The van der Waals surface area contributed by atoms with Crippen molar-refractivity contribution < 1.29 is 19.5 Å². The van der Waals surface area contributed by atoms with Gasteiger partial charge in [-0.05, 0) is 18.9 Å². The van der Waals surface area contributed by atoms with Crippen molar-refractivity contribution in [1.82, 2.24) is 5.01 Å². The molecule has 1 saturated carbocycles. The van der Waals surface area contributed by atoms with Crippen molar-refractivity contribution in [1.29, 1.82) is 0 Å². The first-order chi connectivity index (χ1) is 13.2. The van der Waals surface area contributed by atoms with Gasteiger partial charge in [0.2, 0.25) is 0 Å². The van der Waals surface area contributed by atoms with Crippen LogP contribution >= 0.6 is 0 Å². The molecule has 0 unspecified atom stereocenters. The first-order valence-electron chi connectivity index (χ1n) is 9.70. The van der Waals surface area contributed by atoms with E-state index < -0.39 is 24.0 Å². The molecule has 1 N–H and O–H groups in total. The van der Waals surface area contributed by atoms with Gasteiger partial charge in [0, 0.05) is 16.9 Å². The van der Waals surface area contributed by atoms with Crippen molar-refractivity contribution in [2.75, 3.05) is 18.0 Å². The van der Waals surface area contributed by atoms with Gasteiger partial charge < -0.3 is 5.11 Å². The van der Waals surface area contributed by atoms with E-state index in [4.69, 9.17) is 0 Å². The summed E-state index contributed by atoms with van der Waals surface area (Å²) in [5.41, 5.74) is 1.54. The highest BCUT2D eigenvalue weighted by atomic mass is 16.4. The Morgan fingerprint density at radius 2 is 1.79 bits per heavy atom. The zero-order valence-electron chi connectivity index (χ0n) is 16.6. The minimum Gasteiger partial charge on any atom is -0.480 e. The van der Waals surface area contributed by atoms with Gasteiger partial charge in [-0.15, -0.1) is 0 Å². The molecule has 1 aromatic rings. The third kappa shape index (κ3) is 4.08. The van der Waals surface area contributed by atoms with Gasteiger partial charge in [0.05, 0.1) is 17.9 Å². The molecule has 2 aliphatic rings. The normalized spacial score (nSPS) is 18.0. The summed E-state index contributed by atoms with van der Waals surface area (Å²) in [7, 11) is 0. The second kappa shape index (κ2) is 7.73. The van der Waals surface area contributed by atoms with Crippen LogP contribution in [0.25, 0.3) is 0 Å². The second-order valence-corrected chi connectivity index (χ2v) is 8.48. The Balaban J connectivity index is 2.09. The smallest absolute Gasteiger partial charge is 0.345 e. The van der Waals surface area contributed by atoms with Crippen LogP contribution in [0.15, 0.2) is 29.4 Å². The Hall–Kier alpha value is -2.70. The number of nitrogens with zero attached hydrogens (tertiary/aromatic N) is 3. The summed E-state index contributed by atoms with van der Waals surface area (Å²) < 4.78 is 0.